The van der Waals surface area contributed by atoms with Gasteiger partial charge >= 0.3 is 0 Å². The quantitative estimate of drug-likeness (QED) is 0.562. The summed E-state index contributed by atoms with van der Waals surface area (Å²) >= 11 is 4.76. The number of rotatable bonds is 7. The van der Waals surface area contributed by atoms with Gasteiger partial charge < -0.3 is 4.74 Å². The Morgan fingerprint density at radius 3 is 2.29 bits per heavy atom. The van der Waals surface area contributed by atoms with Gasteiger partial charge in [0.05, 0.1) is 12.9 Å². The van der Waals surface area contributed by atoms with Crippen molar-refractivity contribution in [2.75, 3.05) is 6.61 Å². The molecule has 0 rings (SSSR count). The topological polar surface area (TPSA) is 9.23 Å². The second-order valence-electron chi connectivity index (χ2n) is 3.07. The van der Waals surface area contributed by atoms with Crippen LogP contribution in [0.15, 0.2) is 25.0 Å². The summed E-state index contributed by atoms with van der Waals surface area (Å²) in [7, 11) is 0. The maximum absolute atomic E-state index is 5.15. The Hall–Kier alpha value is -0.430. The van der Waals surface area contributed by atoms with Crippen molar-refractivity contribution in [2.45, 2.75) is 39.5 Å². The van der Waals surface area contributed by atoms with Crippen molar-refractivity contribution >= 4 is 11.6 Å². The lowest BCUT2D eigenvalue weighted by Gasteiger charge is -2.12. The van der Waals surface area contributed by atoms with Gasteiger partial charge in [0.15, 0.2) is 0 Å². The molecule has 84 valence electrons. The zero-order valence-corrected chi connectivity index (χ0v) is 10.2. The highest BCUT2D eigenvalue weighted by atomic mass is 35.5. The summed E-state index contributed by atoms with van der Waals surface area (Å²) in [5.41, 5.74) is 1.22. The molecule has 1 nitrogen and oxygen atoms in total. The van der Waals surface area contributed by atoms with Gasteiger partial charge in [0.2, 0.25) is 0 Å². The summed E-state index contributed by atoms with van der Waals surface area (Å²) in [6, 6.07) is 0. The molecule has 0 aliphatic rings. The first-order valence-electron chi connectivity index (χ1n) is 5.20. The van der Waals surface area contributed by atoms with Crippen LogP contribution < -0.4 is 0 Å². The van der Waals surface area contributed by atoms with Crippen LogP contribution in [0.25, 0.3) is 0 Å². The molecule has 0 aromatic heterocycles. The SMILES string of the molecule is C=CCl.C=COCC(CC)CCCC. The molecule has 0 saturated carbocycles. The fourth-order valence-corrected chi connectivity index (χ4v) is 1.10. The van der Waals surface area contributed by atoms with E-state index in [1.807, 2.05) is 0 Å². The van der Waals surface area contributed by atoms with Crippen molar-refractivity contribution in [3.8, 4) is 0 Å². The van der Waals surface area contributed by atoms with Crippen LogP contribution in [0.3, 0.4) is 0 Å². The Kier molecular flexibility index (Phi) is 17.2. The first-order valence-corrected chi connectivity index (χ1v) is 5.63. The number of hydrogen-bond acceptors (Lipinski definition) is 1. The Morgan fingerprint density at radius 1 is 1.36 bits per heavy atom. The molecule has 0 spiro atoms. The van der Waals surface area contributed by atoms with E-state index in [-0.39, 0.29) is 0 Å². The molecule has 14 heavy (non-hydrogen) atoms. The largest absolute Gasteiger partial charge is 0.502 e. The van der Waals surface area contributed by atoms with Crippen molar-refractivity contribution in [3.05, 3.63) is 25.0 Å². The highest BCUT2D eigenvalue weighted by Gasteiger charge is 2.04. The Morgan fingerprint density at radius 2 is 1.93 bits per heavy atom. The molecule has 0 bridgehead atoms. The average Bonchev–Trinajstić information content (AvgIpc) is 2.20. The molecular formula is C12H23ClO. The average molecular weight is 219 g/mol. The predicted octanol–water partition coefficient (Wildman–Crippen LogP) is 4.73. The summed E-state index contributed by atoms with van der Waals surface area (Å²) in [6.07, 6.45) is 6.65. The van der Waals surface area contributed by atoms with Crippen LogP contribution >= 0.6 is 11.6 Å². The minimum Gasteiger partial charge on any atom is -0.502 e. The standard InChI is InChI=1S/C10H20O.C2H3Cl/c1-4-7-8-10(5-2)9-11-6-3;1-2-3/h6,10H,3-5,7-9H2,1-2H3;2H,1H2. The maximum atomic E-state index is 5.15. The third-order valence-electron chi connectivity index (χ3n) is 1.99. The summed E-state index contributed by atoms with van der Waals surface area (Å²) < 4.78 is 5.15. The zero-order valence-electron chi connectivity index (χ0n) is 9.47. The van der Waals surface area contributed by atoms with Crippen molar-refractivity contribution in [1.29, 1.82) is 0 Å². The third kappa shape index (κ3) is 14.1. The fourth-order valence-electron chi connectivity index (χ4n) is 1.10. The lowest BCUT2D eigenvalue weighted by molar-refractivity contribution is 0.184. The van der Waals surface area contributed by atoms with Gasteiger partial charge in [-0.25, -0.2) is 0 Å². The molecule has 0 N–H and O–H groups in total. The molecular weight excluding hydrogens is 196 g/mol. The smallest absolute Gasteiger partial charge is 0.0901 e. The van der Waals surface area contributed by atoms with Crippen LogP contribution in [0, 0.1) is 5.92 Å². The van der Waals surface area contributed by atoms with Crippen LogP contribution in [0.2, 0.25) is 0 Å². The molecule has 1 unspecified atom stereocenters. The van der Waals surface area contributed by atoms with Crippen LogP contribution in [0.5, 0.6) is 0 Å². The fraction of sp³-hybridized carbons (Fsp3) is 0.667. The monoisotopic (exact) mass is 218 g/mol. The Balaban J connectivity index is 0. The van der Waals surface area contributed by atoms with Crippen molar-refractivity contribution in [3.63, 3.8) is 0 Å². The Labute approximate surface area is 93.8 Å². The van der Waals surface area contributed by atoms with Gasteiger partial charge in [0.1, 0.15) is 0 Å². The molecule has 0 amide bonds. The van der Waals surface area contributed by atoms with E-state index in [0.29, 0.717) is 0 Å². The molecule has 0 fully saturated rings. The number of halogens is 1. The third-order valence-corrected chi connectivity index (χ3v) is 1.99. The number of ether oxygens (including phenoxy) is 1. The molecule has 0 aromatic rings. The first kappa shape index (κ1) is 16.0. The van der Waals surface area contributed by atoms with Crippen LogP contribution in [-0.4, -0.2) is 6.61 Å². The molecule has 0 radical (unpaired) electrons. The van der Waals surface area contributed by atoms with Gasteiger partial charge in [0.25, 0.3) is 0 Å². The lowest BCUT2D eigenvalue weighted by atomic mass is 10.0. The summed E-state index contributed by atoms with van der Waals surface area (Å²) in [5, 5.41) is 0. The second kappa shape index (κ2) is 15.1. The summed E-state index contributed by atoms with van der Waals surface area (Å²) in [6.45, 7) is 11.9. The predicted molar refractivity (Wildman–Crippen MR) is 65.5 cm³/mol. The van der Waals surface area contributed by atoms with E-state index in [2.05, 4.69) is 27.0 Å². The summed E-state index contributed by atoms with van der Waals surface area (Å²) in [4.78, 5) is 0. The van der Waals surface area contributed by atoms with E-state index in [1.165, 1.54) is 37.5 Å². The highest BCUT2D eigenvalue weighted by Crippen LogP contribution is 2.12. The van der Waals surface area contributed by atoms with E-state index >= 15 is 0 Å². The maximum Gasteiger partial charge on any atom is 0.0901 e. The molecule has 1 atom stereocenters. The van der Waals surface area contributed by atoms with Gasteiger partial charge in [-0.3, -0.25) is 0 Å². The van der Waals surface area contributed by atoms with Crippen molar-refractivity contribution in [2.24, 2.45) is 5.92 Å². The minimum absolute atomic E-state index is 0.730. The lowest BCUT2D eigenvalue weighted by Crippen LogP contribution is -2.05. The normalized spacial score (nSPS) is 10.8. The zero-order chi connectivity index (χ0) is 11.2. The number of unbranched alkanes of at least 4 members (excludes halogenated alkanes) is 1. The van der Waals surface area contributed by atoms with Crippen molar-refractivity contribution in [1.82, 2.24) is 0 Å². The molecule has 0 saturated heterocycles. The van der Waals surface area contributed by atoms with Gasteiger partial charge in [-0.2, -0.15) is 0 Å². The van der Waals surface area contributed by atoms with Gasteiger partial charge in [-0.15, -0.1) is 0 Å². The van der Waals surface area contributed by atoms with Crippen molar-refractivity contribution < 1.29 is 4.74 Å². The van der Waals surface area contributed by atoms with Gasteiger partial charge in [-0.05, 0) is 17.9 Å². The summed E-state index contributed by atoms with van der Waals surface area (Å²) in [5.74, 6) is 0.730. The highest BCUT2D eigenvalue weighted by molar-refractivity contribution is 6.25. The van der Waals surface area contributed by atoms with Crippen LogP contribution in [0.1, 0.15) is 39.5 Å². The van der Waals surface area contributed by atoms with E-state index < -0.39 is 0 Å². The van der Waals surface area contributed by atoms with E-state index in [9.17, 15) is 0 Å². The van der Waals surface area contributed by atoms with Gasteiger partial charge in [-0.1, -0.05) is 57.9 Å². The Bertz CT molecular complexity index is 123. The minimum atomic E-state index is 0.730. The molecule has 2 heteroatoms. The first-order chi connectivity index (χ1) is 6.76. The molecule has 0 aliphatic carbocycles. The molecule has 0 aromatic carbocycles. The van der Waals surface area contributed by atoms with E-state index in [1.54, 1.807) is 0 Å². The molecule has 0 heterocycles. The van der Waals surface area contributed by atoms with Crippen LogP contribution in [-0.2, 0) is 4.74 Å². The van der Waals surface area contributed by atoms with E-state index in [4.69, 9.17) is 16.3 Å². The van der Waals surface area contributed by atoms with E-state index in [0.717, 1.165) is 12.5 Å². The number of hydrogen-bond donors (Lipinski definition) is 0. The second-order valence-corrected chi connectivity index (χ2v) is 3.38. The van der Waals surface area contributed by atoms with Crippen LogP contribution in [0.4, 0.5) is 0 Å². The molecule has 0 aliphatic heterocycles. The van der Waals surface area contributed by atoms with Gasteiger partial charge in [0, 0.05) is 0 Å².